The third-order valence-electron chi connectivity index (χ3n) is 6.11. The van der Waals surface area contributed by atoms with Gasteiger partial charge in [-0.15, -0.1) is 0 Å². The van der Waals surface area contributed by atoms with E-state index in [0.29, 0.717) is 0 Å². The molecule has 29 heavy (non-hydrogen) atoms. The molecule has 1 heterocycles. The molecule has 1 N–H and O–H groups in total. The summed E-state index contributed by atoms with van der Waals surface area (Å²) in [5.74, 6) is 1.21. The van der Waals surface area contributed by atoms with Crippen LogP contribution in [-0.2, 0) is 6.42 Å². The van der Waals surface area contributed by atoms with Crippen LogP contribution in [0.4, 0.5) is 11.4 Å². The van der Waals surface area contributed by atoms with Crippen molar-refractivity contribution in [2.45, 2.75) is 57.9 Å². The zero-order valence-electron chi connectivity index (χ0n) is 17.5. The quantitative estimate of drug-likeness (QED) is 0.655. The topological polar surface area (TPSA) is 48.2 Å². The van der Waals surface area contributed by atoms with Gasteiger partial charge in [-0.05, 0) is 55.7 Å². The second-order valence-corrected chi connectivity index (χ2v) is 8.69. The largest absolute Gasteiger partial charge is 0.508 e. The van der Waals surface area contributed by atoms with Crippen molar-refractivity contribution in [2.24, 2.45) is 9.98 Å². The van der Waals surface area contributed by atoms with Crippen molar-refractivity contribution >= 4 is 34.1 Å². The summed E-state index contributed by atoms with van der Waals surface area (Å²) in [5.41, 5.74) is 4.28. The summed E-state index contributed by atoms with van der Waals surface area (Å²) in [6.07, 6.45) is 8.67. The van der Waals surface area contributed by atoms with Crippen LogP contribution in [0.3, 0.4) is 0 Å². The number of aromatic hydroxyl groups is 1. The van der Waals surface area contributed by atoms with Crippen LogP contribution in [-0.4, -0.2) is 27.9 Å². The summed E-state index contributed by atoms with van der Waals surface area (Å²) >= 11 is 1.65. The Hall–Kier alpha value is -2.27. The number of aliphatic imine (C=N–C) groups is 2. The van der Waals surface area contributed by atoms with E-state index >= 15 is 0 Å². The van der Waals surface area contributed by atoms with Crippen LogP contribution in [0.5, 0.6) is 5.75 Å². The molecule has 4 rings (SSSR count). The molecule has 0 saturated heterocycles. The molecule has 0 radical (unpaired) electrons. The normalized spacial score (nSPS) is 19.8. The number of thioether (sulfide) groups is 1. The standard InChI is InChI=1S/C24H29N3OS/c1-4-18-11-8-10-17(2)21(18)25-22-24(14-6-5-7-15-24)27(23(26-22)29-3)19-12-9-13-20(28)16-19/h8-13,16,28H,4-7,14-15H2,1-3H3. The van der Waals surface area contributed by atoms with Gasteiger partial charge < -0.3 is 10.0 Å². The van der Waals surface area contributed by atoms with Gasteiger partial charge in [-0.25, -0.2) is 9.98 Å². The van der Waals surface area contributed by atoms with Crippen LogP contribution in [0.2, 0.25) is 0 Å². The number of nitrogens with zero attached hydrogens (tertiary/aromatic N) is 3. The molecule has 0 aromatic heterocycles. The maximum Gasteiger partial charge on any atom is 0.170 e. The van der Waals surface area contributed by atoms with Gasteiger partial charge in [0, 0.05) is 11.8 Å². The van der Waals surface area contributed by atoms with Crippen LogP contribution in [0, 0.1) is 6.92 Å². The number of rotatable bonds is 3. The summed E-state index contributed by atoms with van der Waals surface area (Å²) < 4.78 is 0. The summed E-state index contributed by atoms with van der Waals surface area (Å²) in [5, 5.41) is 11.1. The number of hydrogen-bond donors (Lipinski definition) is 1. The molecule has 2 aromatic rings. The van der Waals surface area contributed by atoms with Crippen molar-refractivity contribution < 1.29 is 5.11 Å². The van der Waals surface area contributed by atoms with E-state index in [1.165, 1.54) is 30.4 Å². The van der Waals surface area contributed by atoms with Gasteiger partial charge >= 0.3 is 0 Å². The van der Waals surface area contributed by atoms with Crippen LogP contribution in [0.15, 0.2) is 52.4 Å². The van der Waals surface area contributed by atoms with E-state index in [-0.39, 0.29) is 11.3 Å². The molecule has 0 amide bonds. The fraction of sp³-hybridized carbons (Fsp3) is 0.417. The number of phenols is 1. The van der Waals surface area contributed by atoms with Crippen molar-refractivity contribution in [1.29, 1.82) is 0 Å². The van der Waals surface area contributed by atoms with E-state index < -0.39 is 0 Å². The number of hydrogen-bond acceptors (Lipinski definition) is 4. The summed E-state index contributed by atoms with van der Waals surface area (Å²) in [6.45, 7) is 4.31. The highest BCUT2D eigenvalue weighted by molar-refractivity contribution is 8.13. The lowest BCUT2D eigenvalue weighted by atomic mass is 9.79. The molecule has 2 aromatic carbocycles. The van der Waals surface area contributed by atoms with Gasteiger partial charge in [-0.1, -0.05) is 62.2 Å². The van der Waals surface area contributed by atoms with E-state index in [4.69, 9.17) is 9.98 Å². The second-order valence-electron chi connectivity index (χ2n) is 7.92. The number of benzene rings is 2. The first-order valence-corrected chi connectivity index (χ1v) is 11.7. The van der Waals surface area contributed by atoms with E-state index in [0.717, 1.165) is 41.6 Å². The summed E-state index contributed by atoms with van der Waals surface area (Å²) in [7, 11) is 0. The molecule has 1 aliphatic carbocycles. The van der Waals surface area contributed by atoms with Gasteiger partial charge in [-0.3, -0.25) is 0 Å². The van der Waals surface area contributed by atoms with Crippen molar-refractivity contribution in [3.05, 3.63) is 53.6 Å². The molecule has 1 fully saturated rings. The summed E-state index contributed by atoms with van der Waals surface area (Å²) in [4.78, 5) is 12.6. The Labute approximate surface area is 177 Å². The SMILES string of the molecule is CCc1cccc(C)c1N=C1N=C(SC)N(c2cccc(O)c2)C12CCCCC2. The third kappa shape index (κ3) is 3.57. The molecule has 0 bridgehead atoms. The maximum atomic E-state index is 10.1. The molecular weight excluding hydrogens is 378 g/mol. The smallest absolute Gasteiger partial charge is 0.170 e. The molecule has 1 spiro atoms. The van der Waals surface area contributed by atoms with Crippen molar-refractivity contribution in [3.63, 3.8) is 0 Å². The van der Waals surface area contributed by atoms with Gasteiger partial charge in [-0.2, -0.15) is 0 Å². The predicted octanol–water partition coefficient (Wildman–Crippen LogP) is 6.24. The van der Waals surface area contributed by atoms with Crippen LogP contribution >= 0.6 is 11.8 Å². The maximum absolute atomic E-state index is 10.1. The first-order valence-electron chi connectivity index (χ1n) is 10.5. The Morgan fingerprint density at radius 2 is 1.90 bits per heavy atom. The van der Waals surface area contributed by atoms with Crippen LogP contribution < -0.4 is 4.90 Å². The Morgan fingerprint density at radius 3 is 2.59 bits per heavy atom. The van der Waals surface area contributed by atoms with Gasteiger partial charge in [0.2, 0.25) is 0 Å². The Bertz CT molecular complexity index is 960. The number of phenolic OH excluding ortho intramolecular Hbond substituents is 1. The highest BCUT2D eigenvalue weighted by Gasteiger charge is 2.49. The lowest BCUT2D eigenvalue weighted by molar-refractivity contribution is 0.385. The lowest BCUT2D eigenvalue weighted by Crippen LogP contribution is -2.52. The van der Waals surface area contributed by atoms with Crippen LogP contribution in [0.1, 0.15) is 50.2 Å². The molecule has 2 aliphatic rings. The van der Waals surface area contributed by atoms with E-state index in [1.54, 1.807) is 17.8 Å². The number of anilines is 1. The molecule has 1 aliphatic heterocycles. The second kappa shape index (κ2) is 8.23. The molecule has 5 heteroatoms. The fourth-order valence-electron chi connectivity index (χ4n) is 4.64. The molecular formula is C24H29N3OS. The number of para-hydroxylation sites is 1. The Balaban J connectivity index is 1.89. The van der Waals surface area contributed by atoms with Gasteiger partial charge in [0.15, 0.2) is 11.0 Å². The minimum Gasteiger partial charge on any atom is -0.508 e. The van der Waals surface area contributed by atoms with E-state index in [9.17, 15) is 5.11 Å². The average Bonchev–Trinajstić information content (AvgIpc) is 3.02. The van der Waals surface area contributed by atoms with Crippen molar-refractivity contribution in [3.8, 4) is 5.75 Å². The first kappa shape index (κ1) is 20.0. The van der Waals surface area contributed by atoms with Gasteiger partial charge in [0.25, 0.3) is 0 Å². The Kier molecular flexibility index (Phi) is 5.68. The highest BCUT2D eigenvalue weighted by Crippen LogP contribution is 2.45. The molecule has 4 nitrogen and oxygen atoms in total. The average molecular weight is 408 g/mol. The molecule has 0 atom stereocenters. The molecule has 1 saturated carbocycles. The molecule has 0 unspecified atom stereocenters. The summed E-state index contributed by atoms with van der Waals surface area (Å²) in [6, 6.07) is 13.9. The molecule has 152 valence electrons. The van der Waals surface area contributed by atoms with Gasteiger partial charge in [0.05, 0.1) is 5.69 Å². The number of amidine groups is 2. The number of aryl methyl sites for hydroxylation is 2. The lowest BCUT2D eigenvalue weighted by Gasteiger charge is -2.42. The zero-order valence-corrected chi connectivity index (χ0v) is 18.3. The van der Waals surface area contributed by atoms with E-state index in [2.05, 4.69) is 49.3 Å². The van der Waals surface area contributed by atoms with E-state index in [1.807, 2.05) is 12.1 Å². The monoisotopic (exact) mass is 407 g/mol. The predicted molar refractivity (Wildman–Crippen MR) is 125 cm³/mol. The first-order chi connectivity index (χ1) is 14.1. The van der Waals surface area contributed by atoms with Crippen LogP contribution in [0.25, 0.3) is 0 Å². The van der Waals surface area contributed by atoms with Crippen molar-refractivity contribution in [1.82, 2.24) is 0 Å². The highest BCUT2D eigenvalue weighted by atomic mass is 32.2. The minimum atomic E-state index is -0.238. The van der Waals surface area contributed by atoms with Crippen molar-refractivity contribution in [2.75, 3.05) is 11.2 Å². The minimum absolute atomic E-state index is 0.238. The van der Waals surface area contributed by atoms with Gasteiger partial charge in [0.1, 0.15) is 11.3 Å². The third-order valence-corrected chi connectivity index (χ3v) is 6.75. The Morgan fingerprint density at radius 1 is 1.14 bits per heavy atom. The fourth-order valence-corrected chi connectivity index (χ4v) is 5.28. The zero-order chi connectivity index (χ0) is 20.4.